The van der Waals surface area contributed by atoms with Gasteiger partial charge in [-0.2, -0.15) is 0 Å². The second-order valence-electron chi connectivity index (χ2n) is 6.85. The van der Waals surface area contributed by atoms with E-state index in [2.05, 4.69) is 29.3 Å². The molecule has 27 heavy (non-hydrogen) atoms. The van der Waals surface area contributed by atoms with Crippen molar-refractivity contribution in [2.75, 3.05) is 18.8 Å². The van der Waals surface area contributed by atoms with Gasteiger partial charge in [-0.1, -0.05) is 49.0 Å². The van der Waals surface area contributed by atoms with E-state index in [1.54, 1.807) is 4.90 Å². The summed E-state index contributed by atoms with van der Waals surface area (Å²) in [6, 6.07) is 10.2. The van der Waals surface area contributed by atoms with Crippen molar-refractivity contribution in [3.8, 4) is 0 Å². The van der Waals surface area contributed by atoms with Crippen molar-refractivity contribution in [1.82, 2.24) is 15.1 Å². The van der Waals surface area contributed by atoms with Crippen molar-refractivity contribution >= 4 is 23.6 Å². The number of likely N-dealkylation sites (tertiary alicyclic amines) is 1. The van der Waals surface area contributed by atoms with Crippen LogP contribution in [0.5, 0.6) is 0 Å². The van der Waals surface area contributed by atoms with Gasteiger partial charge in [0.2, 0.25) is 17.7 Å². The molecule has 144 valence electrons. The minimum absolute atomic E-state index is 0.0386. The van der Waals surface area contributed by atoms with Crippen LogP contribution < -0.4 is 5.73 Å². The number of piperidine rings is 1. The van der Waals surface area contributed by atoms with Gasteiger partial charge in [-0.15, -0.1) is 10.2 Å². The first-order valence-corrected chi connectivity index (χ1v) is 10.1. The van der Waals surface area contributed by atoms with Crippen LogP contribution in [0.4, 0.5) is 0 Å². The molecule has 1 aliphatic heterocycles. The van der Waals surface area contributed by atoms with E-state index >= 15 is 0 Å². The third-order valence-electron chi connectivity index (χ3n) is 4.79. The van der Waals surface area contributed by atoms with E-state index in [1.807, 2.05) is 18.2 Å². The molecule has 0 spiro atoms. The van der Waals surface area contributed by atoms with Gasteiger partial charge < -0.3 is 15.1 Å². The lowest BCUT2D eigenvalue weighted by atomic mass is 9.97. The fraction of sp³-hybridized carbons (Fsp3) is 0.474. The highest BCUT2D eigenvalue weighted by Gasteiger charge is 2.27. The summed E-state index contributed by atoms with van der Waals surface area (Å²) in [5.74, 6) is 0.416. The average Bonchev–Trinajstić information content (AvgIpc) is 3.14. The quantitative estimate of drug-likeness (QED) is 0.730. The number of aromatic nitrogens is 2. The van der Waals surface area contributed by atoms with Crippen molar-refractivity contribution in [3.05, 3.63) is 41.8 Å². The molecule has 0 bridgehead atoms. The fourth-order valence-electron chi connectivity index (χ4n) is 3.19. The first-order chi connectivity index (χ1) is 13.0. The molecule has 2 unspecified atom stereocenters. The maximum Gasteiger partial charge on any atom is 0.277 e. The molecule has 3 rings (SSSR count). The molecule has 1 saturated heterocycles. The number of hydrogen-bond donors (Lipinski definition) is 1. The number of carbonyl (C=O) groups excluding carboxylic acids is 2. The highest BCUT2D eigenvalue weighted by Crippen LogP contribution is 2.23. The number of benzene rings is 1. The second-order valence-corrected chi connectivity index (χ2v) is 7.77. The van der Waals surface area contributed by atoms with E-state index in [1.165, 1.54) is 17.3 Å². The molecule has 1 fully saturated rings. The molecule has 2 amide bonds. The van der Waals surface area contributed by atoms with Crippen LogP contribution in [0.25, 0.3) is 0 Å². The summed E-state index contributed by atoms with van der Waals surface area (Å²) in [7, 11) is 0. The van der Waals surface area contributed by atoms with E-state index in [4.69, 9.17) is 10.2 Å². The van der Waals surface area contributed by atoms with Crippen LogP contribution in [0.2, 0.25) is 0 Å². The number of nitrogens with zero attached hydrogens (tertiary/aromatic N) is 3. The third kappa shape index (κ3) is 5.32. The number of carbonyl (C=O) groups is 2. The van der Waals surface area contributed by atoms with Crippen molar-refractivity contribution in [1.29, 1.82) is 0 Å². The van der Waals surface area contributed by atoms with Gasteiger partial charge in [-0.25, -0.2) is 0 Å². The Labute approximate surface area is 162 Å². The lowest BCUT2D eigenvalue weighted by Gasteiger charge is -2.31. The molecule has 1 aliphatic rings. The highest BCUT2D eigenvalue weighted by molar-refractivity contribution is 7.99. The van der Waals surface area contributed by atoms with E-state index in [9.17, 15) is 9.59 Å². The summed E-state index contributed by atoms with van der Waals surface area (Å²) in [6.45, 7) is 3.17. The maximum absolute atomic E-state index is 12.4. The van der Waals surface area contributed by atoms with Crippen molar-refractivity contribution in [2.45, 2.75) is 37.3 Å². The zero-order chi connectivity index (χ0) is 19.2. The van der Waals surface area contributed by atoms with Gasteiger partial charge in [0.1, 0.15) is 0 Å². The van der Waals surface area contributed by atoms with Crippen LogP contribution in [0, 0.1) is 5.92 Å². The minimum atomic E-state index is -0.339. The Balaban J connectivity index is 1.49. The molecule has 0 saturated carbocycles. The molecule has 0 aliphatic carbocycles. The summed E-state index contributed by atoms with van der Waals surface area (Å²) in [5.41, 5.74) is 6.58. The summed E-state index contributed by atoms with van der Waals surface area (Å²) in [5, 5.41) is 8.50. The topological polar surface area (TPSA) is 102 Å². The number of rotatable bonds is 7. The van der Waals surface area contributed by atoms with E-state index < -0.39 is 0 Å². The van der Waals surface area contributed by atoms with Gasteiger partial charge in [0.05, 0.1) is 11.7 Å². The molecular formula is C19H24N4O3S. The molecule has 2 aromatic rings. The van der Waals surface area contributed by atoms with Crippen molar-refractivity contribution in [2.24, 2.45) is 11.7 Å². The van der Waals surface area contributed by atoms with Crippen molar-refractivity contribution in [3.63, 3.8) is 0 Å². The fourth-order valence-corrected chi connectivity index (χ4v) is 3.87. The lowest BCUT2D eigenvalue weighted by Crippen LogP contribution is -2.44. The summed E-state index contributed by atoms with van der Waals surface area (Å²) >= 11 is 1.23. The van der Waals surface area contributed by atoms with Crippen molar-refractivity contribution < 1.29 is 14.0 Å². The molecule has 1 aromatic carbocycles. The standard InChI is InChI=1S/C19H24N4O3S/c1-13(14-6-3-2-4-7-14)10-16-21-22-19(26-16)27-12-17(24)23-9-5-8-15(11-23)18(20)25/h2-4,6-7,13,15H,5,8-12H2,1H3,(H2,20,25). The molecule has 0 radical (unpaired) electrons. The molecule has 2 atom stereocenters. The zero-order valence-corrected chi connectivity index (χ0v) is 16.2. The van der Waals surface area contributed by atoms with Crippen LogP contribution in [-0.2, 0) is 16.0 Å². The van der Waals surface area contributed by atoms with Crippen LogP contribution >= 0.6 is 11.8 Å². The first kappa shape index (κ1) is 19.4. The number of nitrogens with two attached hydrogens (primary N) is 1. The number of primary amides is 1. The smallest absolute Gasteiger partial charge is 0.277 e. The monoisotopic (exact) mass is 388 g/mol. The van der Waals surface area contributed by atoms with Gasteiger partial charge in [0.25, 0.3) is 5.22 Å². The Bertz CT molecular complexity index is 780. The normalized spacial score (nSPS) is 18.3. The summed E-state index contributed by atoms with van der Waals surface area (Å²) in [6.07, 6.45) is 2.20. The number of hydrogen-bond acceptors (Lipinski definition) is 6. The Morgan fingerprint density at radius 2 is 2.11 bits per heavy atom. The number of amides is 2. The molecule has 1 aromatic heterocycles. The second kappa shape index (κ2) is 9.03. The number of thioether (sulfide) groups is 1. The van der Waals surface area contributed by atoms with E-state index in [-0.39, 0.29) is 29.4 Å². The van der Waals surface area contributed by atoms with Gasteiger partial charge in [-0.3, -0.25) is 9.59 Å². The summed E-state index contributed by atoms with van der Waals surface area (Å²) in [4.78, 5) is 25.4. The largest absolute Gasteiger partial charge is 0.416 e. The van der Waals surface area contributed by atoms with E-state index in [0.717, 1.165) is 12.8 Å². The van der Waals surface area contributed by atoms with Crippen LogP contribution in [0.3, 0.4) is 0 Å². The van der Waals surface area contributed by atoms with Gasteiger partial charge in [0.15, 0.2) is 0 Å². The lowest BCUT2D eigenvalue weighted by molar-refractivity contribution is -0.132. The molecule has 2 N–H and O–H groups in total. The van der Waals surface area contributed by atoms with Gasteiger partial charge in [0, 0.05) is 19.5 Å². The molecule has 2 heterocycles. The molecule has 8 heteroatoms. The maximum atomic E-state index is 12.4. The summed E-state index contributed by atoms with van der Waals surface area (Å²) < 4.78 is 5.67. The van der Waals surface area contributed by atoms with E-state index in [0.29, 0.717) is 30.6 Å². The van der Waals surface area contributed by atoms with Gasteiger partial charge in [-0.05, 0) is 24.3 Å². The Hall–Kier alpha value is -2.35. The van der Waals surface area contributed by atoms with Crippen LogP contribution in [0.1, 0.15) is 37.1 Å². The Morgan fingerprint density at radius 1 is 1.33 bits per heavy atom. The Kier molecular flexibility index (Phi) is 6.49. The van der Waals surface area contributed by atoms with Gasteiger partial charge >= 0.3 is 0 Å². The average molecular weight is 388 g/mol. The third-order valence-corrected chi connectivity index (χ3v) is 5.60. The highest BCUT2D eigenvalue weighted by atomic mass is 32.2. The first-order valence-electron chi connectivity index (χ1n) is 9.10. The predicted octanol–water partition coefficient (Wildman–Crippen LogP) is 2.23. The minimum Gasteiger partial charge on any atom is -0.416 e. The Morgan fingerprint density at radius 3 is 2.85 bits per heavy atom. The molecular weight excluding hydrogens is 364 g/mol. The predicted molar refractivity (Wildman–Crippen MR) is 102 cm³/mol. The molecule has 7 nitrogen and oxygen atoms in total. The van der Waals surface area contributed by atoms with Crippen LogP contribution in [-0.4, -0.2) is 45.8 Å². The zero-order valence-electron chi connectivity index (χ0n) is 15.3. The van der Waals surface area contributed by atoms with Crippen LogP contribution in [0.15, 0.2) is 40.0 Å². The SMILES string of the molecule is CC(Cc1nnc(SCC(=O)N2CCCC(C(N)=O)C2)o1)c1ccccc1.